The first-order valence-corrected chi connectivity index (χ1v) is 9.73. The Kier molecular flexibility index (Phi) is 6.54. The average Bonchev–Trinajstić information content (AvgIpc) is 2.75. The lowest BCUT2D eigenvalue weighted by molar-refractivity contribution is -0.147. The molecule has 31 heavy (non-hydrogen) atoms. The quantitative estimate of drug-likeness (QED) is 0.458. The molecule has 0 aliphatic heterocycles. The topological polar surface area (TPSA) is 120 Å². The zero-order valence-corrected chi connectivity index (χ0v) is 17.4. The molecule has 1 atom stereocenters. The van der Waals surface area contributed by atoms with E-state index in [0.717, 1.165) is 4.68 Å². The van der Waals surface area contributed by atoms with E-state index in [-0.39, 0.29) is 11.8 Å². The number of esters is 1. The molecule has 0 saturated carbocycles. The lowest BCUT2D eigenvalue weighted by atomic mass is 10.1. The van der Waals surface area contributed by atoms with Gasteiger partial charge in [0, 0.05) is 17.2 Å². The van der Waals surface area contributed by atoms with Crippen molar-refractivity contribution in [3.63, 3.8) is 0 Å². The molecule has 3 aromatic rings. The van der Waals surface area contributed by atoms with Crippen LogP contribution >= 0.6 is 0 Å². The zero-order valence-electron chi connectivity index (χ0n) is 17.4. The largest absolute Gasteiger partial charge is 0.453 e. The highest BCUT2D eigenvalue weighted by molar-refractivity contribution is 6.01. The van der Waals surface area contributed by atoms with E-state index in [1.165, 1.54) is 6.92 Å². The summed E-state index contributed by atoms with van der Waals surface area (Å²) in [6, 6.07) is 12.9. The van der Waals surface area contributed by atoms with Crippen LogP contribution in [0.25, 0.3) is 10.9 Å². The molecule has 0 spiro atoms. The van der Waals surface area contributed by atoms with Crippen molar-refractivity contribution in [3.8, 4) is 0 Å². The molecule has 3 rings (SSSR count). The highest BCUT2D eigenvalue weighted by atomic mass is 16.5. The summed E-state index contributed by atoms with van der Waals surface area (Å²) in [6.07, 6.45) is -1.06. The summed E-state index contributed by atoms with van der Waals surface area (Å²) in [5.41, 5.74) is 0.842. The molecule has 2 aromatic carbocycles. The van der Waals surface area contributed by atoms with Gasteiger partial charge in [0.25, 0.3) is 5.56 Å². The van der Waals surface area contributed by atoms with Crippen molar-refractivity contribution in [1.82, 2.24) is 15.0 Å². The summed E-state index contributed by atoms with van der Waals surface area (Å²) < 4.78 is 6.07. The van der Waals surface area contributed by atoms with E-state index in [0.29, 0.717) is 22.2 Å². The number of nitrogens with one attached hydrogen (secondary N) is 1. The number of ether oxygens (including phenoxy) is 1. The number of nitrogens with zero attached hydrogens (tertiary/aromatic N) is 3. The molecule has 9 heteroatoms. The van der Waals surface area contributed by atoms with Crippen molar-refractivity contribution < 1.29 is 19.1 Å². The fourth-order valence-electron chi connectivity index (χ4n) is 2.78. The van der Waals surface area contributed by atoms with Gasteiger partial charge in [-0.2, -0.15) is 4.68 Å². The van der Waals surface area contributed by atoms with Gasteiger partial charge in [0.2, 0.25) is 11.7 Å². The molecule has 0 fully saturated rings. The summed E-state index contributed by atoms with van der Waals surface area (Å²) in [4.78, 5) is 48.9. The number of ketones is 1. The van der Waals surface area contributed by atoms with Crippen LogP contribution < -0.4 is 10.9 Å². The van der Waals surface area contributed by atoms with E-state index in [9.17, 15) is 19.2 Å². The number of anilines is 1. The zero-order chi connectivity index (χ0) is 22.5. The number of benzene rings is 2. The number of fused-ring (bicyclic) bond motifs is 1. The van der Waals surface area contributed by atoms with Gasteiger partial charge in [-0.25, -0.2) is 0 Å². The number of carbonyl (C=O) groups excluding carboxylic acids is 3. The van der Waals surface area contributed by atoms with Gasteiger partial charge >= 0.3 is 5.97 Å². The van der Waals surface area contributed by atoms with Gasteiger partial charge in [-0.05, 0) is 43.3 Å². The maximum Gasteiger partial charge on any atom is 0.328 e. The molecule has 1 unspecified atom stereocenters. The van der Waals surface area contributed by atoms with Gasteiger partial charge in [0.05, 0.1) is 5.39 Å². The predicted molar refractivity (Wildman–Crippen MR) is 114 cm³/mol. The minimum absolute atomic E-state index is 0.131. The Bertz CT molecular complexity index is 1180. The smallest absolute Gasteiger partial charge is 0.328 e. The molecular weight excluding hydrogens is 400 g/mol. The van der Waals surface area contributed by atoms with E-state index in [4.69, 9.17) is 4.74 Å². The Morgan fingerprint density at radius 1 is 1.03 bits per heavy atom. The third-order valence-corrected chi connectivity index (χ3v) is 4.55. The predicted octanol–water partition coefficient (Wildman–Crippen LogP) is 2.20. The Balaban J connectivity index is 1.63. The van der Waals surface area contributed by atoms with Crippen LogP contribution in [0.1, 0.15) is 31.1 Å². The Morgan fingerprint density at radius 3 is 2.39 bits per heavy atom. The molecule has 0 aliphatic carbocycles. The van der Waals surface area contributed by atoms with E-state index in [2.05, 4.69) is 15.6 Å². The van der Waals surface area contributed by atoms with Gasteiger partial charge in [-0.1, -0.05) is 31.2 Å². The summed E-state index contributed by atoms with van der Waals surface area (Å²) in [5.74, 6) is -1.49. The highest BCUT2D eigenvalue weighted by Crippen LogP contribution is 2.14. The van der Waals surface area contributed by atoms with Crippen LogP contribution in [-0.2, 0) is 20.9 Å². The van der Waals surface area contributed by atoms with Gasteiger partial charge in [-0.3, -0.25) is 19.2 Å². The maximum atomic E-state index is 12.6. The van der Waals surface area contributed by atoms with Crippen molar-refractivity contribution in [2.24, 2.45) is 5.92 Å². The first-order chi connectivity index (χ1) is 14.8. The molecule has 0 saturated heterocycles. The number of rotatable bonds is 7. The van der Waals surface area contributed by atoms with E-state index < -0.39 is 30.0 Å². The van der Waals surface area contributed by atoms with Gasteiger partial charge in [0.1, 0.15) is 12.1 Å². The van der Waals surface area contributed by atoms with Gasteiger partial charge in [-0.15, -0.1) is 5.10 Å². The second-order valence-electron chi connectivity index (χ2n) is 7.29. The summed E-state index contributed by atoms with van der Waals surface area (Å²) in [6.45, 7) is 4.54. The van der Waals surface area contributed by atoms with E-state index in [1.54, 1.807) is 62.4 Å². The molecule has 1 aromatic heterocycles. The molecule has 0 radical (unpaired) electrons. The summed E-state index contributed by atoms with van der Waals surface area (Å²) in [7, 11) is 0. The van der Waals surface area contributed by atoms with Crippen LogP contribution in [0.4, 0.5) is 5.69 Å². The first-order valence-electron chi connectivity index (χ1n) is 9.73. The third kappa shape index (κ3) is 5.19. The van der Waals surface area contributed by atoms with Crippen molar-refractivity contribution >= 4 is 34.3 Å². The molecule has 1 heterocycles. The van der Waals surface area contributed by atoms with Crippen LogP contribution in [0.3, 0.4) is 0 Å². The minimum atomic E-state index is -1.06. The van der Waals surface area contributed by atoms with E-state index in [1.807, 2.05) is 0 Å². The molecular formula is C22H22N4O5. The number of amides is 1. The minimum Gasteiger partial charge on any atom is -0.453 e. The maximum absolute atomic E-state index is 12.6. The van der Waals surface area contributed by atoms with Crippen LogP contribution in [0.2, 0.25) is 0 Å². The Labute approximate surface area is 178 Å². The number of carbonyl (C=O) groups is 3. The molecule has 1 N–H and O–H groups in total. The molecule has 160 valence electrons. The standard InChI is InChI=1S/C22H22N4O5/c1-13(2)21(29)23-16-10-8-15(9-11-16)20(28)14(3)31-19(27)12-26-22(30)17-6-4-5-7-18(17)24-25-26/h4-11,13-14H,12H2,1-3H3,(H,23,29). The SMILES string of the molecule is CC(C)C(=O)Nc1ccc(C(=O)C(C)OC(=O)Cn2nnc3ccccc3c2=O)cc1. The second kappa shape index (κ2) is 9.29. The molecule has 1 amide bonds. The van der Waals surface area contributed by atoms with Crippen LogP contribution in [-0.4, -0.2) is 38.8 Å². The highest BCUT2D eigenvalue weighted by Gasteiger charge is 2.21. The lowest BCUT2D eigenvalue weighted by Gasteiger charge is -2.13. The number of aromatic nitrogens is 3. The number of hydrogen-bond donors (Lipinski definition) is 1. The van der Waals surface area contributed by atoms with Gasteiger partial charge < -0.3 is 10.1 Å². The van der Waals surface area contributed by atoms with Crippen molar-refractivity contribution in [2.45, 2.75) is 33.4 Å². The fourth-order valence-corrected chi connectivity index (χ4v) is 2.78. The number of Topliss-reactive ketones (excluding diaryl/α,β-unsaturated/α-hetero) is 1. The van der Waals surface area contributed by atoms with Crippen LogP contribution in [0, 0.1) is 5.92 Å². The van der Waals surface area contributed by atoms with Gasteiger partial charge in [0.15, 0.2) is 6.10 Å². The molecule has 0 aliphatic rings. The fraction of sp³-hybridized carbons (Fsp3) is 0.273. The van der Waals surface area contributed by atoms with Crippen molar-refractivity contribution in [3.05, 3.63) is 64.4 Å². The Hall–Kier alpha value is -3.88. The number of hydrogen-bond acceptors (Lipinski definition) is 7. The molecule has 0 bridgehead atoms. The molecule has 9 nitrogen and oxygen atoms in total. The van der Waals surface area contributed by atoms with Crippen LogP contribution in [0.5, 0.6) is 0 Å². The summed E-state index contributed by atoms with van der Waals surface area (Å²) in [5, 5.41) is 10.7. The monoisotopic (exact) mass is 422 g/mol. The van der Waals surface area contributed by atoms with E-state index >= 15 is 0 Å². The normalized spacial score (nSPS) is 11.9. The average molecular weight is 422 g/mol. The second-order valence-corrected chi connectivity index (χ2v) is 7.29. The lowest BCUT2D eigenvalue weighted by Crippen LogP contribution is -2.32. The summed E-state index contributed by atoms with van der Waals surface area (Å²) >= 11 is 0. The third-order valence-electron chi connectivity index (χ3n) is 4.55. The first kappa shape index (κ1) is 21.8. The Morgan fingerprint density at radius 2 is 1.71 bits per heavy atom. The van der Waals surface area contributed by atoms with Crippen molar-refractivity contribution in [1.29, 1.82) is 0 Å². The van der Waals surface area contributed by atoms with Crippen molar-refractivity contribution in [2.75, 3.05) is 5.32 Å². The van der Waals surface area contributed by atoms with Crippen LogP contribution in [0.15, 0.2) is 53.3 Å².